The molecule has 0 fully saturated rings. The number of hydrogen-bond donors (Lipinski definition) is 0. The fourth-order valence-electron chi connectivity index (χ4n) is 9.17. The van der Waals surface area contributed by atoms with Crippen molar-refractivity contribution in [1.82, 2.24) is 0 Å². The van der Waals surface area contributed by atoms with Crippen LogP contribution in [0.1, 0.15) is 323 Å². The van der Waals surface area contributed by atoms with Gasteiger partial charge in [-0.1, -0.05) is 286 Å². The number of hydrogen-bond acceptors (Lipinski definition) is 6. The Hall–Kier alpha value is -3.15. The highest BCUT2D eigenvalue weighted by atomic mass is 16.6. The summed E-state index contributed by atoms with van der Waals surface area (Å²) in [6.45, 7) is 6.52. The molecule has 6 nitrogen and oxygen atoms in total. The molecule has 0 saturated heterocycles. The first-order valence-electron chi connectivity index (χ1n) is 31.9. The van der Waals surface area contributed by atoms with Crippen LogP contribution in [0.2, 0.25) is 0 Å². The van der Waals surface area contributed by atoms with Crippen LogP contribution in [0.25, 0.3) is 0 Å². The zero-order valence-corrected chi connectivity index (χ0v) is 49.1. The van der Waals surface area contributed by atoms with E-state index in [2.05, 4.69) is 93.7 Å². The molecule has 1 unspecified atom stereocenters. The van der Waals surface area contributed by atoms with Gasteiger partial charge in [0.15, 0.2) is 6.10 Å². The van der Waals surface area contributed by atoms with Crippen molar-refractivity contribution in [1.29, 1.82) is 0 Å². The standard InChI is InChI=1S/C68H120O6/c1-4-7-10-13-16-19-22-25-28-31-32-33-34-35-36-38-40-43-46-49-52-55-58-61-67(70)73-64-65(63-72-66(69)60-57-54-51-48-45-42-39-30-27-24-21-18-15-12-9-6-3)74-68(71)62-59-56-53-50-47-44-41-37-29-26-23-20-17-14-11-8-5-2/h8,11,17,20-21,24,26,29-30,39,41,44,65H,4-7,9-10,12-16,18-19,22-23,25,27-28,31-38,40,42-43,45-64H2,1-3H3/b11-8-,20-17-,24-21-,29-26-,39-30-,44-41-. The Balaban J connectivity index is 4.36. The third-order valence-electron chi connectivity index (χ3n) is 13.9. The van der Waals surface area contributed by atoms with Crippen molar-refractivity contribution in [2.24, 2.45) is 0 Å². The molecule has 0 radical (unpaired) electrons. The average Bonchev–Trinajstić information content (AvgIpc) is 3.40. The lowest BCUT2D eigenvalue weighted by Crippen LogP contribution is -2.30. The van der Waals surface area contributed by atoms with Crippen LogP contribution < -0.4 is 0 Å². The number of carbonyl (C=O) groups excluding carboxylic acids is 3. The third kappa shape index (κ3) is 59.7. The summed E-state index contributed by atoms with van der Waals surface area (Å²) in [5.41, 5.74) is 0. The van der Waals surface area contributed by atoms with Crippen LogP contribution in [0.3, 0.4) is 0 Å². The van der Waals surface area contributed by atoms with E-state index in [1.165, 1.54) is 167 Å². The summed E-state index contributed by atoms with van der Waals surface area (Å²) in [5, 5.41) is 0. The molecule has 0 heterocycles. The topological polar surface area (TPSA) is 78.9 Å². The lowest BCUT2D eigenvalue weighted by Gasteiger charge is -2.18. The number of rotatable bonds is 58. The van der Waals surface area contributed by atoms with Crippen molar-refractivity contribution in [2.45, 2.75) is 329 Å². The molecule has 0 aromatic carbocycles. The summed E-state index contributed by atoms with van der Waals surface area (Å²) < 4.78 is 16.9. The molecule has 0 aromatic rings. The summed E-state index contributed by atoms with van der Waals surface area (Å²) in [5.74, 6) is -0.911. The molecule has 0 aliphatic heterocycles. The predicted molar refractivity (Wildman–Crippen MR) is 321 cm³/mol. The second-order valence-corrected chi connectivity index (χ2v) is 21.3. The molecule has 0 saturated carbocycles. The molecule has 0 aliphatic rings. The lowest BCUT2D eigenvalue weighted by atomic mass is 10.0. The molecule has 0 amide bonds. The van der Waals surface area contributed by atoms with Crippen molar-refractivity contribution < 1.29 is 28.6 Å². The van der Waals surface area contributed by atoms with E-state index in [1.54, 1.807) is 0 Å². The van der Waals surface area contributed by atoms with Crippen LogP contribution >= 0.6 is 0 Å². The van der Waals surface area contributed by atoms with Gasteiger partial charge in [0.2, 0.25) is 0 Å². The van der Waals surface area contributed by atoms with Gasteiger partial charge in [0.05, 0.1) is 0 Å². The van der Waals surface area contributed by atoms with Crippen LogP contribution in [-0.4, -0.2) is 37.2 Å². The van der Waals surface area contributed by atoms with E-state index in [9.17, 15) is 14.4 Å². The molecule has 0 bridgehead atoms. The smallest absolute Gasteiger partial charge is 0.306 e. The van der Waals surface area contributed by atoms with Gasteiger partial charge >= 0.3 is 17.9 Å². The van der Waals surface area contributed by atoms with Gasteiger partial charge in [-0.25, -0.2) is 0 Å². The van der Waals surface area contributed by atoms with Crippen molar-refractivity contribution in [2.75, 3.05) is 13.2 Å². The molecule has 0 rings (SSSR count). The Kier molecular flexibility index (Phi) is 59.7. The number of unbranched alkanes of at least 4 members (excludes halogenated alkanes) is 35. The van der Waals surface area contributed by atoms with Gasteiger partial charge in [0.1, 0.15) is 13.2 Å². The van der Waals surface area contributed by atoms with E-state index in [4.69, 9.17) is 14.2 Å². The molecule has 428 valence electrons. The summed E-state index contributed by atoms with van der Waals surface area (Å²) in [4.78, 5) is 38.3. The fourth-order valence-corrected chi connectivity index (χ4v) is 9.17. The van der Waals surface area contributed by atoms with Gasteiger partial charge in [-0.05, 0) is 89.9 Å². The number of ether oxygens (including phenoxy) is 3. The van der Waals surface area contributed by atoms with Crippen molar-refractivity contribution in [3.63, 3.8) is 0 Å². The van der Waals surface area contributed by atoms with Gasteiger partial charge < -0.3 is 14.2 Å². The van der Waals surface area contributed by atoms with Crippen LogP contribution in [0.4, 0.5) is 0 Å². The molecule has 0 spiro atoms. The van der Waals surface area contributed by atoms with Gasteiger partial charge in [0, 0.05) is 19.3 Å². The fraction of sp³-hybridized carbons (Fsp3) is 0.779. The maximum absolute atomic E-state index is 12.9. The summed E-state index contributed by atoms with van der Waals surface area (Å²) in [6, 6.07) is 0. The molecule has 74 heavy (non-hydrogen) atoms. The second-order valence-electron chi connectivity index (χ2n) is 21.3. The van der Waals surface area contributed by atoms with Gasteiger partial charge in [-0.3, -0.25) is 14.4 Å². The zero-order chi connectivity index (χ0) is 53.6. The van der Waals surface area contributed by atoms with Crippen LogP contribution in [0.5, 0.6) is 0 Å². The maximum Gasteiger partial charge on any atom is 0.306 e. The van der Waals surface area contributed by atoms with E-state index in [0.29, 0.717) is 19.3 Å². The SMILES string of the molecule is CC/C=C\C/C=C\C/C=C\C/C=C\CCCCCCC(=O)OC(COC(=O)CCCCCCC/C=C\C/C=C\CCCCCC)COC(=O)CCCCCCCCCCCCCCCCCCCCCCCCC. The number of allylic oxidation sites excluding steroid dienone is 12. The van der Waals surface area contributed by atoms with Gasteiger partial charge in [0.25, 0.3) is 0 Å². The van der Waals surface area contributed by atoms with Crippen molar-refractivity contribution in [3.8, 4) is 0 Å². The number of carbonyl (C=O) groups is 3. The Morgan fingerprint density at radius 3 is 0.838 bits per heavy atom. The molecule has 0 aliphatic carbocycles. The molecular formula is C68H120O6. The summed E-state index contributed by atoms with van der Waals surface area (Å²) >= 11 is 0. The highest BCUT2D eigenvalue weighted by Gasteiger charge is 2.19. The minimum absolute atomic E-state index is 0.0874. The quantitative estimate of drug-likeness (QED) is 0.0261. The number of esters is 3. The Bertz CT molecular complexity index is 1370. The summed E-state index contributed by atoms with van der Waals surface area (Å²) in [7, 11) is 0. The maximum atomic E-state index is 12.9. The third-order valence-corrected chi connectivity index (χ3v) is 13.9. The normalized spacial score (nSPS) is 12.5. The zero-order valence-electron chi connectivity index (χ0n) is 49.1. The first-order valence-corrected chi connectivity index (χ1v) is 31.9. The van der Waals surface area contributed by atoms with E-state index in [-0.39, 0.29) is 31.1 Å². The largest absolute Gasteiger partial charge is 0.462 e. The van der Waals surface area contributed by atoms with Gasteiger partial charge in [-0.15, -0.1) is 0 Å². The molecular weight excluding hydrogens is 913 g/mol. The van der Waals surface area contributed by atoms with Crippen LogP contribution in [0.15, 0.2) is 72.9 Å². The van der Waals surface area contributed by atoms with E-state index < -0.39 is 6.10 Å². The minimum Gasteiger partial charge on any atom is -0.462 e. The van der Waals surface area contributed by atoms with E-state index in [0.717, 1.165) is 116 Å². The van der Waals surface area contributed by atoms with Crippen LogP contribution in [0, 0.1) is 0 Å². The lowest BCUT2D eigenvalue weighted by molar-refractivity contribution is -0.167. The van der Waals surface area contributed by atoms with E-state index >= 15 is 0 Å². The summed E-state index contributed by atoms with van der Waals surface area (Å²) in [6.07, 6.45) is 80.5. The first kappa shape index (κ1) is 70.8. The molecule has 6 heteroatoms. The average molecular weight is 1030 g/mol. The first-order chi connectivity index (χ1) is 36.5. The minimum atomic E-state index is -0.794. The Morgan fingerprint density at radius 2 is 0.527 bits per heavy atom. The highest BCUT2D eigenvalue weighted by Crippen LogP contribution is 2.17. The van der Waals surface area contributed by atoms with E-state index in [1.807, 2.05) is 0 Å². The monoisotopic (exact) mass is 1030 g/mol. The molecule has 0 aromatic heterocycles. The van der Waals surface area contributed by atoms with Crippen molar-refractivity contribution in [3.05, 3.63) is 72.9 Å². The highest BCUT2D eigenvalue weighted by molar-refractivity contribution is 5.71. The van der Waals surface area contributed by atoms with Crippen molar-refractivity contribution >= 4 is 17.9 Å². The molecule has 1 atom stereocenters. The molecule has 0 N–H and O–H groups in total. The Labute approximate surface area is 459 Å². The Morgan fingerprint density at radius 1 is 0.284 bits per heavy atom. The van der Waals surface area contributed by atoms with Gasteiger partial charge in [-0.2, -0.15) is 0 Å². The second kappa shape index (κ2) is 62.4. The predicted octanol–water partition coefficient (Wildman–Crippen LogP) is 21.7. The van der Waals surface area contributed by atoms with Crippen LogP contribution in [-0.2, 0) is 28.6 Å².